The summed E-state index contributed by atoms with van der Waals surface area (Å²) < 4.78 is 2.42. The molecule has 0 spiro atoms. The monoisotopic (exact) mass is 568 g/mol. The van der Waals surface area contributed by atoms with E-state index in [-0.39, 0.29) is 0 Å². The molecule has 2 aliphatic rings. The van der Waals surface area contributed by atoms with Crippen LogP contribution in [-0.2, 0) is 0 Å². The van der Waals surface area contributed by atoms with E-state index >= 15 is 0 Å². The molecular weight excluding hydrogens is 541 g/mol. The number of nitrogens with one attached hydrogen (secondary N) is 1. The second-order valence-electron chi connectivity index (χ2n) is 11.4. The molecular formula is C38H28N4Si. The van der Waals surface area contributed by atoms with Crippen molar-refractivity contribution >= 4 is 51.1 Å². The zero-order valence-electron chi connectivity index (χ0n) is 23.5. The van der Waals surface area contributed by atoms with Crippen LogP contribution in [0.2, 0.25) is 0 Å². The van der Waals surface area contributed by atoms with Gasteiger partial charge in [-0.2, -0.15) is 0 Å². The normalized spacial score (nSPS) is 17.5. The lowest BCUT2D eigenvalue weighted by atomic mass is 10.00. The van der Waals surface area contributed by atoms with E-state index in [1.807, 2.05) is 24.7 Å². The first kappa shape index (κ1) is 24.3. The standard InChI is InChI=1S/C38H28N4Si/c1-4-15-33-29(12-1)30-20-19-26(38-40-22-23-41-38)24-34(30)42(33)27-10-9-11-28(25-27)43(37-18-7-8-21-39-37)35-16-5-2-13-31(35)32-14-3-6-17-36(32)43/h1-2,4-5,7-25H,3,6H2,(H,40,41)/t43-/m1/s1. The Labute approximate surface area is 250 Å². The largest absolute Gasteiger partial charge is 0.345 e. The van der Waals surface area contributed by atoms with E-state index < -0.39 is 8.07 Å². The lowest BCUT2D eigenvalue weighted by Crippen LogP contribution is -2.67. The average molecular weight is 569 g/mol. The summed E-state index contributed by atoms with van der Waals surface area (Å²) in [6, 6.07) is 40.2. The minimum atomic E-state index is -2.65. The van der Waals surface area contributed by atoms with Gasteiger partial charge in [-0.1, -0.05) is 84.9 Å². The summed E-state index contributed by atoms with van der Waals surface area (Å²) in [6.45, 7) is 0. The molecule has 4 heterocycles. The number of fused-ring (bicyclic) bond motifs is 6. The van der Waals surface area contributed by atoms with Gasteiger partial charge in [0, 0.05) is 45.9 Å². The van der Waals surface area contributed by atoms with Gasteiger partial charge in [0.15, 0.2) is 0 Å². The predicted octanol–water partition coefficient (Wildman–Crippen LogP) is 6.70. The fourth-order valence-corrected chi connectivity index (χ4v) is 12.6. The Balaban J connectivity index is 1.35. The van der Waals surface area contributed by atoms with E-state index in [9.17, 15) is 0 Å². The molecule has 43 heavy (non-hydrogen) atoms. The fraction of sp³-hybridized carbons (Fsp3) is 0.0526. The molecule has 0 radical (unpaired) electrons. The molecule has 0 fully saturated rings. The number of para-hydroxylation sites is 1. The summed E-state index contributed by atoms with van der Waals surface area (Å²) >= 11 is 0. The molecule has 204 valence electrons. The Morgan fingerprint density at radius 1 is 0.674 bits per heavy atom. The quantitative estimate of drug-likeness (QED) is 0.240. The number of hydrogen-bond donors (Lipinski definition) is 1. The fourth-order valence-electron chi connectivity index (χ4n) is 7.49. The van der Waals surface area contributed by atoms with Crippen molar-refractivity contribution in [2.45, 2.75) is 12.8 Å². The maximum atomic E-state index is 5.11. The first-order valence-corrected chi connectivity index (χ1v) is 16.9. The van der Waals surface area contributed by atoms with Gasteiger partial charge in [0.25, 0.3) is 0 Å². The number of aromatic nitrogens is 4. The zero-order chi connectivity index (χ0) is 28.4. The van der Waals surface area contributed by atoms with Crippen molar-refractivity contribution in [3.05, 3.63) is 151 Å². The molecule has 1 N–H and O–H groups in total. The Bertz CT molecular complexity index is 2240. The first-order valence-electron chi connectivity index (χ1n) is 14.9. The Kier molecular flexibility index (Phi) is 5.31. The molecule has 0 bridgehead atoms. The summed E-state index contributed by atoms with van der Waals surface area (Å²) in [5.41, 5.74) is 7.38. The minimum Gasteiger partial charge on any atom is -0.345 e. The molecule has 1 atom stereocenters. The van der Waals surface area contributed by atoms with E-state index in [4.69, 9.17) is 4.98 Å². The van der Waals surface area contributed by atoms with Crippen molar-refractivity contribution in [3.8, 4) is 17.1 Å². The number of hydrogen-bond acceptors (Lipinski definition) is 2. The minimum absolute atomic E-state index is 0.875. The van der Waals surface area contributed by atoms with Crippen LogP contribution in [0.5, 0.6) is 0 Å². The van der Waals surface area contributed by atoms with Gasteiger partial charge >= 0.3 is 0 Å². The molecule has 5 heteroatoms. The number of imidazole rings is 1. The molecule has 0 unspecified atom stereocenters. The van der Waals surface area contributed by atoms with E-state index in [1.165, 1.54) is 53.8 Å². The Morgan fingerprint density at radius 3 is 2.44 bits per heavy atom. The number of nitrogens with zero attached hydrogens (tertiary/aromatic N) is 3. The summed E-state index contributed by atoms with van der Waals surface area (Å²) in [6.07, 6.45) is 12.8. The maximum absolute atomic E-state index is 5.11. The highest BCUT2D eigenvalue weighted by Crippen LogP contribution is 2.41. The predicted molar refractivity (Wildman–Crippen MR) is 179 cm³/mol. The maximum Gasteiger partial charge on any atom is 0.202 e. The number of aromatic amines is 1. The summed E-state index contributed by atoms with van der Waals surface area (Å²) in [4.78, 5) is 12.9. The highest BCUT2D eigenvalue weighted by atomic mass is 28.3. The van der Waals surface area contributed by atoms with Crippen molar-refractivity contribution in [1.82, 2.24) is 19.5 Å². The van der Waals surface area contributed by atoms with Crippen LogP contribution in [0, 0.1) is 0 Å². The topological polar surface area (TPSA) is 46.5 Å². The number of allylic oxidation sites excluding steroid dienone is 4. The van der Waals surface area contributed by atoms with Gasteiger partial charge in [-0.25, -0.2) is 4.98 Å². The average Bonchev–Trinajstić information content (AvgIpc) is 3.80. The van der Waals surface area contributed by atoms with Crippen molar-refractivity contribution in [2.75, 3.05) is 0 Å². The molecule has 4 nitrogen and oxygen atoms in total. The van der Waals surface area contributed by atoms with Crippen LogP contribution in [0.4, 0.5) is 0 Å². The van der Waals surface area contributed by atoms with Gasteiger partial charge in [0.1, 0.15) is 5.82 Å². The second-order valence-corrected chi connectivity index (χ2v) is 15.1. The van der Waals surface area contributed by atoms with Crippen molar-refractivity contribution in [1.29, 1.82) is 0 Å². The smallest absolute Gasteiger partial charge is 0.202 e. The molecule has 1 aliphatic carbocycles. The molecule has 0 amide bonds. The SMILES string of the molecule is C1=C2C(=CCC1)[Si@](c1cccc(-n3c4ccccc4c4ccc(-c5ncc[nH]5)cc43)c1)(c1ccccn1)c1ccccc12. The molecule has 0 saturated carbocycles. The van der Waals surface area contributed by atoms with E-state index in [2.05, 4.69) is 130 Å². The van der Waals surface area contributed by atoms with Crippen LogP contribution in [0.25, 0.3) is 44.5 Å². The third-order valence-electron chi connectivity index (χ3n) is 9.21. The molecule has 9 rings (SSSR count). The zero-order valence-corrected chi connectivity index (χ0v) is 24.5. The van der Waals surface area contributed by atoms with Gasteiger partial charge in [-0.15, -0.1) is 0 Å². The molecule has 4 aromatic carbocycles. The van der Waals surface area contributed by atoms with Gasteiger partial charge in [-0.05, 0) is 75.9 Å². The first-order chi connectivity index (χ1) is 21.3. The van der Waals surface area contributed by atoms with Crippen LogP contribution in [0.3, 0.4) is 0 Å². The number of H-pyrrole nitrogens is 1. The van der Waals surface area contributed by atoms with Crippen LogP contribution in [0.15, 0.2) is 145 Å². The van der Waals surface area contributed by atoms with Crippen LogP contribution in [-0.4, -0.2) is 27.6 Å². The van der Waals surface area contributed by atoms with Crippen LogP contribution in [0.1, 0.15) is 18.4 Å². The van der Waals surface area contributed by atoms with Crippen LogP contribution >= 0.6 is 0 Å². The second kappa shape index (κ2) is 9.38. The third-order valence-corrected chi connectivity index (χ3v) is 14.0. The highest BCUT2D eigenvalue weighted by Gasteiger charge is 2.52. The summed E-state index contributed by atoms with van der Waals surface area (Å²) in [7, 11) is -2.65. The van der Waals surface area contributed by atoms with E-state index in [1.54, 1.807) is 0 Å². The van der Waals surface area contributed by atoms with E-state index in [0.717, 1.165) is 29.9 Å². The van der Waals surface area contributed by atoms with Crippen molar-refractivity contribution in [2.24, 2.45) is 0 Å². The number of benzene rings is 4. The summed E-state index contributed by atoms with van der Waals surface area (Å²) in [5.74, 6) is 0.875. The lowest BCUT2D eigenvalue weighted by Gasteiger charge is -2.31. The molecule has 0 saturated heterocycles. The van der Waals surface area contributed by atoms with E-state index in [0.29, 0.717) is 0 Å². The van der Waals surface area contributed by atoms with Crippen molar-refractivity contribution in [3.63, 3.8) is 0 Å². The lowest BCUT2D eigenvalue weighted by molar-refractivity contribution is 1.04. The van der Waals surface area contributed by atoms with Gasteiger partial charge in [0.2, 0.25) is 8.07 Å². The van der Waals surface area contributed by atoms with Crippen molar-refractivity contribution < 1.29 is 0 Å². The van der Waals surface area contributed by atoms with Gasteiger partial charge in [0.05, 0.1) is 11.0 Å². The third kappa shape index (κ3) is 3.43. The highest BCUT2D eigenvalue weighted by molar-refractivity contribution is 7.18. The Morgan fingerprint density at radius 2 is 1.53 bits per heavy atom. The van der Waals surface area contributed by atoms with Crippen LogP contribution < -0.4 is 15.7 Å². The molecule has 3 aromatic heterocycles. The van der Waals surface area contributed by atoms with Gasteiger partial charge in [-0.3, -0.25) is 4.98 Å². The molecule has 7 aromatic rings. The molecule has 1 aliphatic heterocycles. The number of rotatable bonds is 4. The summed E-state index contributed by atoms with van der Waals surface area (Å²) in [5, 5.41) is 7.96. The Hall–Kier alpha value is -5.26. The van der Waals surface area contributed by atoms with Gasteiger partial charge < -0.3 is 9.55 Å². The number of pyridine rings is 1.